The number of benzene rings is 1. The second-order valence-corrected chi connectivity index (χ2v) is 4.38. The molecular formula is C13H18N2O5. The number of ether oxygens (including phenoxy) is 3. The van der Waals surface area contributed by atoms with E-state index < -0.39 is 4.92 Å². The van der Waals surface area contributed by atoms with E-state index in [-0.39, 0.29) is 5.69 Å². The molecule has 1 saturated heterocycles. The van der Waals surface area contributed by atoms with Gasteiger partial charge in [0.15, 0.2) is 0 Å². The standard InChI is InChI=1S/C13H18N2O5/c1-18-6-7-20-13-9-11(8-12(10-13)15(16)17)14-2-4-19-5-3-14/h8-10H,2-7H2,1H3. The molecule has 1 heterocycles. The lowest BCUT2D eigenvalue weighted by atomic mass is 10.2. The number of non-ortho nitro benzene ring substituents is 1. The van der Waals surface area contributed by atoms with Crippen LogP contribution in [0.1, 0.15) is 0 Å². The first-order valence-electron chi connectivity index (χ1n) is 6.44. The molecule has 1 aliphatic heterocycles. The summed E-state index contributed by atoms with van der Waals surface area (Å²) in [6.07, 6.45) is 0. The van der Waals surface area contributed by atoms with E-state index in [9.17, 15) is 10.1 Å². The first kappa shape index (κ1) is 14.5. The highest BCUT2D eigenvalue weighted by molar-refractivity contribution is 5.58. The van der Waals surface area contributed by atoms with Crippen molar-refractivity contribution in [3.63, 3.8) is 0 Å². The lowest BCUT2D eigenvalue weighted by molar-refractivity contribution is -0.384. The number of nitrogens with zero attached hydrogens (tertiary/aromatic N) is 2. The number of nitro groups is 1. The Bertz CT molecular complexity index is 460. The molecule has 1 aromatic carbocycles. The molecular weight excluding hydrogens is 264 g/mol. The fraction of sp³-hybridized carbons (Fsp3) is 0.538. The molecule has 1 fully saturated rings. The maximum absolute atomic E-state index is 11.0. The number of nitro benzene ring substituents is 1. The molecule has 0 unspecified atom stereocenters. The first-order chi connectivity index (χ1) is 9.70. The molecule has 20 heavy (non-hydrogen) atoms. The van der Waals surface area contributed by atoms with Crippen molar-refractivity contribution in [2.24, 2.45) is 0 Å². The van der Waals surface area contributed by atoms with E-state index in [1.165, 1.54) is 6.07 Å². The molecule has 7 heteroatoms. The zero-order chi connectivity index (χ0) is 14.4. The summed E-state index contributed by atoms with van der Waals surface area (Å²) in [6, 6.07) is 4.81. The molecule has 0 saturated carbocycles. The van der Waals surface area contributed by atoms with Gasteiger partial charge < -0.3 is 19.1 Å². The van der Waals surface area contributed by atoms with Crippen molar-refractivity contribution in [3.8, 4) is 5.75 Å². The predicted molar refractivity (Wildman–Crippen MR) is 73.5 cm³/mol. The van der Waals surface area contributed by atoms with Gasteiger partial charge in [-0.2, -0.15) is 0 Å². The third-order valence-corrected chi connectivity index (χ3v) is 3.02. The molecule has 1 aromatic rings. The molecule has 0 bridgehead atoms. The van der Waals surface area contributed by atoms with Crippen LogP contribution in [-0.2, 0) is 9.47 Å². The summed E-state index contributed by atoms with van der Waals surface area (Å²) < 4.78 is 15.7. The number of morpholine rings is 1. The van der Waals surface area contributed by atoms with Crippen molar-refractivity contribution in [1.29, 1.82) is 0 Å². The fourth-order valence-corrected chi connectivity index (χ4v) is 2.00. The number of hydrogen-bond donors (Lipinski definition) is 0. The average molecular weight is 282 g/mol. The summed E-state index contributed by atoms with van der Waals surface area (Å²) in [5.74, 6) is 0.484. The van der Waals surface area contributed by atoms with E-state index in [0.717, 1.165) is 18.8 Å². The molecule has 0 amide bonds. The molecule has 0 radical (unpaired) electrons. The van der Waals surface area contributed by atoms with Gasteiger partial charge >= 0.3 is 0 Å². The highest BCUT2D eigenvalue weighted by Crippen LogP contribution is 2.29. The van der Waals surface area contributed by atoms with Crippen molar-refractivity contribution in [2.45, 2.75) is 0 Å². The van der Waals surface area contributed by atoms with Crippen LogP contribution in [0.3, 0.4) is 0 Å². The predicted octanol–water partition coefficient (Wildman–Crippen LogP) is 1.46. The third-order valence-electron chi connectivity index (χ3n) is 3.02. The Morgan fingerprint density at radius 2 is 2.05 bits per heavy atom. The van der Waals surface area contributed by atoms with E-state index >= 15 is 0 Å². The third kappa shape index (κ3) is 3.82. The van der Waals surface area contributed by atoms with Gasteiger partial charge in [-0.05, 0) is 0 Å². The van der Waals surface area contributed by atoms with Gasteiger partial charge in [-0.3, -0.25) is 10.1 Å². The van der Waals surface area contributed by atoms with Crippen molar-refractivity contribution >= 4 is 11.4 Å². The molecule has 1 aliphatic rings. The smallest absolute Gasteiger partial charge is 0.275 e. The lowest BCUT2D eigenvalue weighted by Gasteiger charge is -2.28. The van der Waals surface area contributed by atoms with Gasteiger partial charge in [0, 0.05) is 38.0 Å². The minimum absolute atomic E-state index is 0.0291. The van der Waals surface area contributed by atoms with Gasteiger partial charge in [0.25, 0.3) is 5.69 Å². The molecule has 110 valence electrons. The van der Waals surface area contributed by atoms with E-state index in [0.29, 0.717) is 32.2 Å². The maximum atomic E-state index is 11.0. The number of hydrogen-bond acceptors (Lipinski definition) is 6. The van der Waals surface area contributed by atoms with Crippen LogP contribution in [0.25, 0.3) is 0 Å². The average Bonchev–Trinajstić information content (AvgIpc) is 2.48. The molecule has 0 atom stereocenters. The monoisotopic (exact) mass is 282 g/mol. The summed E-state index contributed by atoms with van der Waals surface area (Å²) in [5.41, 5.74) is 0.816. The van der Waals surface area contributed by atoms with Crippen molar-refractivity contribution in [2.75, 3.05) is 51.5 Å². The first-order valence-corrected chi connectivity index (χ1v) is 6.44. The molecule has 0 spiro atoms. The second-order valence-electron chi connectivity index (χ2n) is 4.38. The zero-order valence-corrected chi connectivity index (χ0v) is 11.4. The van der Waals surface area contributed by atoms with Gasteiger partial charge in [0.1, 0.15) is 12.4 Å². The van der Waals surface area contributed by atoms with Crippen LogP contribution in [0, 0.1) is 10.1 Å². The van der Waals surface area contributed by atoms with Gasteiger partial charge in [-0.15, -0.1) is 0 Å². The van der Waals surface area contributed by atoms with E-state index in [1.807, 2.05) is 6.07 Å². The highest BCUT2D eigenvalue weighted by Gasteiger charge is 2.17. The Balaban J connectivity index is 2.18. The van der Waals surface area contributed by atoms with Gasteiger partial charge in [0.2, 0.25) is 0 Å². The van der Waals surface area contributed by atoms with Crippen LogP contribution in [0.15, 0.2) is 18.2 Å². The Morgan fingerprint density at radius 3 is 2.70 bits per heavy atom. The fourth-order valence-electron chi connectivity index (χ4n) is 2.00. The minimum Gasteiger partial charge on any atom is -0.491 e. The summed E-state index contributed by atoms with van der Waals surface area (Å²) in [4.78, 5) is 12.6. The molecule has 7 nitrogen and oxygen atoms in total. The highest BCUT2D eigenvalue weighted by atomic mass is 16.6. The quantitative estimate of drug-likeness (QED) is 0.447. The number of methoxy groups -OCH3 is 1. The van der Waals surface area contributed by atoms with E-state index in [2.05, 4.69) is 4.90 Å². The van der Waals surface area contributed by atoms with Crippen LogP contribution in [0.4, 0.5) is 11.4 Å². The van der Waals surface area contributed by atoms with Crippen LogP contribution < -0.4 is 9.64 Å². The van der Waals surface area contributed by atoms with Crippen LogP contribution in [-0.4, -0.2) is 51.6 Å². The van der Waals surface area contributed by atoms with Gasteiger partial charge in [-0.1, -0.05) is 0 Å². The lowest BCUT2D eigenvalue weighted by Crippen LogP contribution is -2.36. The van der Waals surface area contributed by atoms with Crippen molar-refractivity contribution in [1.82, 2.24) is 0 Å². The van der Waals surface area contributed by atoms with Crippen molar-refractivity contribution in [3.05, 3.63) is 28.3 Å². The summed E-state index contributed by atoms with van der Waals surface area (Å²) >= 11 is 0. The molecule has 0 aliphatic carbocycles. The Hall–Kier alpha value is -1.86. The van der Waals surface area contributed by atoms with Crippen LogP contribution >= 0.6 is 0 Å². The molecule has 0 aromatic heterocycles. The summed E-state index contributed by atoms with van der Waals surface area (Å²) in [6.45, 7) is 3.50. The minimum atomic E-state index is -0.410. The Kier molecular flexibility index (Phi) is 5.14. The summed E-state index contributed by atoms with van der Waals surface area (Å²) in [7, 11) is 1.58. The van der Waals surface area contributed by atoms with Crippen LogP contribution in [0.5, 0.6) is 5.75 Å². The number of anilines is 1. The normalized spacial score (nSPS) is 15.2. The summed E-state index contributed by atoms with van der Waals surface area (Å²) in [5, 5.41) is 11.0. The Labute approximate surface area is 117 Å². The second kappa shape index (κ2) is 7.06. The SMILES string of the molecule is COCCOc1cc(N2CCOCC2)cc([N+](=O)[O-])c1. The largest absolute Gasteiger partial charge is 0.491 e. The van der Waals surface area contributed by atoms with E-state index in [1.54, 1.807) is 13.2 Å². The van der Waals surface area contributed by atoms with E-state index in [4.69, 9.17) is 14.2 Å². The van der Waals surface area contributed by atoms with Gasteiger partial charge in [-0.25, -0.2) is 0 Å². The van der Waals surface area contributed by atoms with Gasteiger partial charge in [0.05, 0.1) is 30.8 Å². The zero-order valence-electron chi connectivity index (χ0n) is 11.4. The topological polar surface area (TPSA) is 74.1 Å². The number of rotatable bonds is 6. The molecule has 0 N–H and O–H groups in total. The Morgan fingerprint density at radius 1 is 1.30 bits per heavy atom. The maximum Gasteiger partial charge on any atom is 0.275 e. The van der Waals surface area contributed by atoms with Crippen molar-refractivity contribution < 1.29 is 19.1 Å². The van der Waals surface area contributed by atoms with Crippen LogP contribution in [0.2, 0.25) is 0 Å². The molecule has 2 rings (SSSR count).